The highest BCUT2D eigenvalue weighted by atomic mass is 16.5. The summed E-state index contributed by atoms with van der Waals surface area (Å²) in [6.45, 7) is 4.76. The van der Waals surface area contributed by atoms with Crippen LogP contribution in [0.15, 0.2) is 0 Å². The standard InChI is InChI=1S/C9H15NO3/c1-7-6-12-5-3-10(7)9(11)8-2-4-13-8/h7-8H,2-6H2,1H3. The fourth-order valence-electron chi connectivity index (χ4n) is 1.67. The lowest BCUT2D eigenvalue weighted by Gasteiger charge is -2.37. The van der Waals surface area contributed by atoms with Crippen LogP contribution in [0.2, 0.25) is 0 Å². The van der Waals surface area contributed by atoms with Crippen LogP contribution in [-0.2, 0) is 14.3 Å². The maximum atomic E-state index is 11.7. The van der Waals surface area contributed by atoms with Crippen molar-refractivity contribution < 1.29 is 14.3 Å². The number of nitrogens with zero attached hydrogens (tertiary/aromatic N) is 1. The van der Waals surface area contributed by atoms with Gasteiger partial charge in [0.1, 0.15) is 6.10 Å². The lowest BCUT2D eigenvalue weighted by atomic mass is 10.1. The van der Waals surface area contributed by atoms with Gasteiger partial charge in [-0.05, 0) is 6.92 Å². The normalized spacial score (nSPS) is 34.1. The van der Waals surface area contributed by atoms with Crippen LogP contribution in [0.1, 0.15) is 13.3 Å². The van der Waals surface area contributed by atoms with Gasteiger partial charge in [0.15, 0.2) is 0 Å². The van der Waals surface area contributed by atoms with E-state index in [-0.39, 0.29) is 18.1 Å². The Kier molecular flexibility index (Phi) is 2.51. The predicted molar refractivity (Wildman–Crippen MR) is 46.4 cm³/mol. The van der Waals surface area contributed by atoms with Gasteiger partial charge in [0.25, 0.3) is 5.91 Å². The number of amides is 1. The second kappa shape index (κ2) is 3.64. The summed E-state index contributed by atoms with van der Waals surface area (Å²) in [5.74, 6) is 0.141. The highest BCUT2D eigenvalue weighted by molar-refractivity contribution is 5.82. The number of hydrogen-bond donors (Lipinski definition) is 0. The Balaban J connectivity index is 1.93. The summed E-state index contributed by atoms with van der Waals surface area (Å²) in [4.78, 5) is 13.6. The summed E-state index contributed by atoms with van der Waals surface area (Å²) in [5, 5.41) is 0. The van der Waals surface area contributed by atoms with Gasteiger partial charge in [0.2, 0.25) is 0 Å². The van der Waals surface area contributed by atoms with Gasteiger partial charge in [-0.3, -0.25) is 4.79 Å². The quantitative estimate of drug-likeness (QED) is 0.578. The molecular formula is C9H15NO3. The topological polar surface area (TPSA) is 38.8 Å². The number of carbonyl (C=O) groups is 1. The summed E-state index contributed by atoms with van der Waals surface area (Å²) >= 11 is 0. The van der Waals surface area contributed by atoms with Gasteiger partial charge < -0.3 is 14.4 Å². The average Bonchev–Trinajstić information content (AvgIpc) is 2.01. The van der Waals surface area contributed by atoms with E-state index in [0.29, 0.717) is 19.8 Å². The Bertz CT molecular complexity index is 203. The molecule has 0 aliphatic carbocycles. The van der Waals surface area contributed by atoms with Crippen molar-refractivity contribution in [3.05, 3.63) is 0 Å². The second-order valence-electron chi connectivity index (χ2n) is 3.60. The maximum Gasteiger partial charge on any atom is 0.252 e. The molecule has 0 saturated carbocycles. The molecule has 0 bridgehead atoms. The largest absolute Gasteiger partial charge is 0.377 e. The second-order valence-corrected chi connectivity index (χ2v) is 3.60. The van der Waals surface area contributed by atoms with E-state index in [4.69, 9.17) is 9.47 Å². The molecule has 74 valence electrons. The molecule has 2 saturated heterocycles. The van der Waals surface area contributed by atoms with Crippen molar-refractivity contribution in [2.75, 3.05) is 26.4 Å². The van der Waals surface area contributed by atoms with Crippen LogP contribution in [0.25, 0.3) is 0 Å². The van der Waals surface area contributed by atoms with Gasteiger partial charge in [-0.2, -0.15) is 0 Å². The fraction of sp³-hybridized carbons (Fsp3) is 0.889. The molecule has 2 rings (SSSR count). The van der Waals surface area contributed by atoms with Crippen LogP contribution < -0.4 is 0 Å². The Hall–Kier alpha value is -0.610. The number of carbonyl (C=O) groups excluding carboxylic acids is 1. The van der Waals surface area contributed by atoms with E-state index < -0.39 is 0 Å². The molecule has 0 radical (unpaired) electrons. The van der Waals surface area contributed by atoms with Crippen LogP contribution >= 0.6 is 0 Å². The van der Waals surface area contributed by atoms with Gasteiger partial charge in [-0.15, -0.1) is 0 Å². The Morgan fingerprint density at radius 3 is 2.77 bits per heavy atom. The lowest BCUT2D eigenvalue weighted by molar-refractivity contribution is -0.163. The first kappa shape index (κ1) is 8.97. The van der Waals surface area contributed by atoms with Crippen molar-refractivity contribution in [3.8, 4) is 0 Å². The molecule has 13 heavy (non-hydrogen) atoms. The molecule has 0 N–H and O–H groups in total. The lowest BCUT2D eigenvalue weighted by Crippen LogP contribution is -2.53. The first-order valence-corrected chi connectivity index (χ1v) is 4.79. The van der Waals surface area contributed by atoms with E-state index in [9.17, 15) is 4.79 Å². The average molecular weight is 185 g/mol. The molecule has 1 amide bonds. The van der Waals surface area contributed by atoms with E-state index in [2.05, 4.69) is 0 Å². The van der Waals surface area contributed by atoms with Crippen LogP contribution in [-0.4, -0.2) is 49.3 Å². The van der Waals surface area contributed by atoms with Crippen LogP contribution in [0.4, 0.5) is 0 Å². The number of rotatable bonds is 1. The Morgan fingerprint density at radius 2 is 2.23 bits per heavy atom. The minimum absolute atomic E-state index is 0.141. The summed E-state index contributed by atoms with van der Waals surface area (Å²) in [6.07, 6.45) is 0.712. The van der Waals surface area contributed by atoms with E-state index in [1.165, 1.54) is 0 Å². The maximum absolute atomic E-state index is 11.7. The van der Waals surface area contributed by atoms with Gasteiger partial charge in [0, 0.05) is 13.0 Å². The van der Waals surface area contributed by atoms with E-state index in [1.54, 1.807) is 0 Å². The van der Waals surface area contributed by atoms with Crippen LogP contribution in [0.3, 0.4) is 0 Å². The van der Waals surface area contributed by atoms with Crippen molar-refractivity contribution in [3.63, 3.8) is 0 Å². The molecule has 2 atom stereocenters. The molecule has 2 aliphatic heterocycles. The molecule has 2 aliphatic rings. The molecule has 4 heteroatoms. The SMILES string of the molecule is CC1COCCN1C(=O)C1CCO1. The third kappa shape index (κ3) is 1.69. The van der Waals surface area contributed by atoms with Crippen molar-refractivity contribution in [2.24, 2.45) is 0 Å². The minimum Gasteiger partial charge on any atom is -0.377 e. The highest BCUT2D eigenvalue weighted by Crippen LogP contribution is 2.17. The summed E-state index contributed by atoms with van der Waals surface area (Å²) < 4.78 is 10.4. The minimum atomic E-state index is -0.166. The zero-order valence-corrected chi connectivity index (χ0v) is 7.86. The molecule has 0 aromatic heterocycles. The van der Waals surface area contributed by atoms with Crippen molar-refractivity contribution in [1.82, 2.24) is 4.90 Å². The molecule has 2 unspecified atom stereocenters. The van der Waals surface area contributed by atoms with Gasteiger partial charge in [-0.1, -0.05) is 0 Å². The van der Waals surface area contributed by atoms with Gasteiger partial charge >= 0.3 is 0 Å². The molecule has 0 aromatic carbocycles. The first-order chi connectivity index (χ1) is 6.29. The third-order valence-corrected chi connectivity index (χ3v) is 2.63. The van der Waals surface area contributed by atoms with Crippen molar-refractivity contribution in [2.45, 2.75) is 25.5 Å². The Labute approximate surface area is 77.8 Å². The number of ether oxygens (including phenoxy) is 2. The van der Waals surface area contributed by atoms with Crippen molar-refractivity contribution in [1.29, 1.82) is 0 Å². The summed E-state index contributed by atoms with van der Waals surface area (Å²) in [6, 6.07) is 0.199. The first-order valence-electron chi connectivity index (χ1n) is 4.79. The van der Waals surface area contributed by atoms with E-state index >= 15 is 0 Å². The van der Waals surface area contributed by atoms with Crippen LogP contribution in [0.5, 0.6) is 0 Å². The molecule has 4 nitrogen and oxygen atoms in total. The summed E-state index contributed by atoms with van der Waals surface area (Å²) in [7, 11) is 0. The number of hydrogen-bond acceptors (Lipinski definition) is 3. The molecular weight excluding hydrogens is 170 g/mol. The van der Waals surface area contributed by atoms with Gasteiger partial charge in [-0.25, -0.2) is 0 Å². The van der Waals surface area contributed by atoms with E-state index in [1.807, 2.05) is 11.8 Å². The smallest absolute Gasteiger partial charge is 0.252 e. The predicted octanol–water partition coefficient (Wildman–Crippen LogP) is 0.0226. The molecule has 0 spiro atoms. The summed E-state index contributed by atoms with van der Waals surface area (Å²) in [5.41, 5.74) is 0. The van der Waals surface area contributed by atoms with E-state index in [0.717, 1.165) is 13.0 Å². The highest BCUT2D eigenvalue weighted by Gasteiger charge is 2.33. The molecule has 2 heterocycles. The molecule has 2 fully saturated rings. The fourth-order valence-corrected chi connectivity index (χ4v) is 1.67. The third-order valence-electron chi connectivity index (χ3n) is 2.63. The van der Waals surface area contributed by atoms with Crippen molar-refractivity contribution >= 4 is 5.91 Å². The van der Waals surface area contributed by atoms with Gasteiger partial charge in [0.05, 0.1) is 25.9 Å². The van der Waals surface area contributed by atoms with Crippen LogP contribution in [0, 0.1) is 0 Å². The zero-order valence-electron chi connectivity index (χ0n) is 7.86. The zero-order chi connectivity index (χ0) is 9.26. The monoisotopic (exact) mass is 185 g/mol. The number of morpholine rings is 1. The Morgan fingerprint density at radius 1 is 1.46 bits per heavy atom. The molecule has 0 aromatic rings.